The molecule has 0 bridgehead atoms. The third-order valence-corrected chi connectivity index (χ3v) is 8.30. The lowest BCUT2D eigenvalue weighted by atomic mass is 10.0. The summed E-state index contributed by atoms with van der Waals surface area (Å²) < 4.78 is 33.8. The largest absolute Gasteiger partial charge is 0.379 e. The summed E-state index contributed by atoms with van der Waals surface area (Å²) in [6.07, 6.45) is 3.16. The van der Waals surface area contributed by atoms with Crippen LogP contribution in [0.3, 0.4) is 0 Å². The molecule has 4 rings (SSSR count). The molecular weight excluding hydrogens is 438 g/mol. The lowest BCUT2D eigenvalue weighted by Crippen LogP contribution is -2.55. The molecule has 3 aliphatic heterocycles. The molecule has 0 saturated carbocycles. The van der Waals surface area contributed by atoms with Gasteiger partial charge in [0.15, 0.2) is 0 Å². The molecule has 1 aromatic rings. The summed E-state index contributed by atoms with van der Waals surface area (Å²) in [7, 11) is -3.59. The molecule has 32 heavy (non-hydrogen) atoms. The Morgan fingerprint density at radius 3 is 2.16 bits per heavy atom. The van der Waals surface area contributed by atoms with Gasteiger partial charge in [0.2, 0.25) is 0 Å². The van der Waals surface area contributed by atoms with E-state index in [1.54, 1.807) is 11.0 Å². The second-order valence-electron chi connectivity index (χ2n) is 8.22. The Hall–Kier alpha value is -2.28. The van der Waals surface area contributed by atoms with E-state index < -0.39 is 15.1 Å². The molecule has 3 saturated heterocycles. The minimum Gasteiger partial charge on any atom is -0.379 e. The molecule has 1 aromatic carbocycles. The third-order valence-electron chi connectivity index (χ3n) is 6.27. The highest BCUT2D eigenvalue weighted by Gasteiger charge is 2.35. The van der Waals surface area contributed by atoms with Gasteiger partial charge in [-0.15, -0.1) is 0 Å². The van der Waals surface area contributed by atoms with Crippen LogP contribution < -0.4 is 4.90 Å². The van der Waals surface area contributed by atoms with E-state index in [2.05, 4.69) is 4.90 Å². The number of nitro benzene ring substituents is 1. The monoisotopic (exact) mass is 467 g/mol. The van der Waals surface area contributed by atoms with E-state index in [0.29, 0.717) is 37.6 Å². The van der Waals surface area contributed by atoms with Crippen molar-refractivity contribution in [2.45, 2.75) is 19.3 Å². The van der Waals surface area contributed by atoms with Gasteiger partial charge in [0.05, 0.1) is 29.4 Å². The van der Waals surface area contributed by atoms with Crippen LogP contribution in [-0.4, -0.2) is 98.3 Å². The highest BCUT2D eigenvalue weighted by Crippen LogP contribution is 2.29. The van der Waals surface area contributed by atoms with E-state index in [4.69, 9.17) is 4.74 Å². The van der Waals surface area contributed by atoms with Crippen LogP contribution in [0.1, 0.15) is 29.6 Å². The first kappa shape index (κ1) is 22.9. The predicted octanol–water partition coefficient (Wildman–Crippen LogP) is 0.920. The van der Waals surface area contributed by atoms with Crippen LogP contribution in [0.4, 0.5) is 11.4 Å². The number of hydrogen-bond donors (Lipinski definition) is 0. The second-order valence-corrected chi connectivity index (χ2v) is 10.1. The van der Waals surface area contributed by atoms with Gasteiger partial charge in [-0.05, 0) is 25.3 Å². The number of anilines is 1. The Bertz CT molecular complexity index is 951. The molecule has 11 nitrogen and oxygen atoms in total. The predicted molar refractivity (Wildman–Crippen MR) is 118 cm³/mol. The fraction of sp³-hybridized carbons (Fsp3) is 0.650. The smallest absolute Gasteiger partial charge is 0.282 e. The van der Waals surface area contributed by atoms with Crippen molar-refractivity contribution >= 4 is 27.5 Å². The highest BCUT2D eigenvalue weighted by atomic mass is 32.2. The number of carbonyl (C=O) groups excluding carboxylic acids is 1. The summed E-state index contributed by atoms with van der Waals surface area (Å²) in [5.74, 6) is -0.294. The number of amides is 1. The van der Waals surface area contributed by atoms with Crippen LogP contribution in [0, 0.1) is 10.1 Å². The number of piperidine rings is 1. The van der Waals surface area contributed by atoms with Gasteiger partial charge < -0.3 is 14.5 Å². The number of nitrogens with zero attached hydrogens (tertiary/aromatic N) is 5. The number of ether oxygens (including phenoxy) is 1. The third kappa shape index (κ3) is 4.72. The van der Waals surface area contributed by atoms with Crippen molar-refractivity contribution < 1.29 is 22.9 Å². The first-order chi connectivity index (χ1) is 15.4. The Kier molecular flexibility index (Phi) is 6.93. The molecule has 0 radical (unpaired) electrons. The molecule has 0 atom stereocenters. The van der Waals surface area contributed by atoms with Gasteiger partial charge in [0.25, 0.3) is 21.8 Å². The minimum atomic E-state index is -3.59. The normalized spacial score (nSPS) is 21.5. The van der Waals surface area contributed by atoms with E-state index in [1.165, 1.54) is 20.7 Å². The van der Waals surface area contributed by atoms with Crippen LogP contribution in [0.15, 0.2) is 18.2 Å². The van der Waals surface area contributed by atoms with E-state index in [1.807, 2.05) is 0 Å². The maximum atomic E-state index is 13.4. The molecule has 0 unspecified atom stereocenters. The topological polar surface area (TPSA) is 117 Å². The van der Waals surface area contributed by atoms with Gasteiger partial charge in [0.1, 0.15) is 0 Å². The summed E-state index contributed by atoms with van der Waals surface area (Å²) in [5.41, 5.74) is 0.900. The van der Waals surface area contributed by atoms with Crippen LogP contribution in [0.2, 0.25) is 0 Å². The van der Waals surface area contributed by atoms with E-state index in [0.717, 1.165) is 32.4 Å². The van der Waals surface area contributed by atoms with E-state index >= 15 is 0 Å². The van der Waals surface area contributed by atoms with Crippen LogP contribution >= 0.6 is 0 Å². The zero-order valence-corrected chi connectivity index (χ0v) is 18.8. The van der Waals surface area contributed by atoms with Crippen LogP contribution in [-0.2, 0) is 14.9 Å². The minimum absolute atomic E-state index is 0.123. The van der Waals surface area contributed by atoms with Crippen LogP contribution in [0.5, 0.6) is 0 Å². The maximum absolute atomic E-state index is 13.4. The van der Waals surface area contributed by atoms with Crippen molar-refractivity contribution in [3.8, 4) is 0 Å². The van der Waals surface area contributed by atoms with Gasteiger partial charge in [-0.2, -0.15) is 17.0 Å². The summed E-state index contributed by atoms with van der Waals surface area (Å²) in [6.45, 7) is 3.90. The lowest BCUT2D eigenvalue weighted by Gasteiger charge is -2.38. The number of piperazine rings is 1. The average molecular weight is 468 g/mol. The SMILES string of the molecule is O=C(c1cc([N+](=O)[O-])ccc1N1CCCCC1)N1CCN(S(=O)(=O)N2CCOCC2)CC1. The van der Waals surface area contributed by atoms with Gasteiger partial charge in [0, 0.05) is 64.5 Å². The number of non-ortho nitro benzene ring substituents is 1. The van der Waals surface area contributed by atoms with Crippen molar-refractivity contribution in [2.24, 2.45) is 0 Å². The summed E-state index contributed by atoms with van der Waals surface area (Å²) in [5, 5.41) is 11.3. The molecular formula is C20H29N5O6S. The molecule has 0 aliphatic carbocycles. The molecule has 3 aliphatic rings. The molecule has 3 fully saturated rings. The first-order valence-electron chi connectivity index (χ1n) is 11.0. The molecule has 3 heterocycles. The molecule has 0 spiro atoms. The van der Waals surface area contributed by atoms with E-state index in [-0.39, 0.29) is 37.8 Å². The Morgan fingerprint density at radius 1 is 0.906 bits per heavy atom. The van der Waals surface area contributed by atoms with Gasteiger partial charge in [-0.1, -0.05) is 0 Å². The van der Waals surface area contributed by atoms with Crippen molar-refractivity contribution in [2.75, 3.05) is 70.5 Å². The standard InChI is InChI=1S/C20H29N5O6S/c26-20(18-16-17(25(27)28)4-5-19(18)21-6-2-1-3-7-21)22-8-10-23(11-9-22)32(29,30)24-12-14-31-15-13-24/h4-5,16H,1-3,6-15H2. The Balaban J connectivity index is 1.50. The Labute approximate surface area is 187 Å². The highest BCUT2D eigenvalue weighted by molar-refractivity contribution is 7.86. The van der Waals surface area contributed by atoms with Crippen molar-refractivity contribution in [1.82, 2.24) is 13.5 Å². The van der Waals surface area contributed by atoms with Gasteiger partial charge in [-0.3, -0.25) is 14.9 Å². The summed E-state index contributed by atoms with van der Waals surface area (Å²) in [4.78, 5) is 27.9. The van der Waals surface area contributed by atoms with Gasteiger partial charge in [-0.25, -0.2) is 0 Å². The van der Waals surface area contributed by atoms with E-state index in [9.17, 15) is 23.3 Å². The average Bonchev–Trinajstić information content (AvgIpc) is 2.84. The van der Waals surface area contributed by atoms with Crippen molar-refractivity contribution in [1.29, 1.82) is 0 Å². The number of nitro groups is 1. The molecule has 12 heteroatoms. The lowest BCUT2D eigenvalue weighted by molar-refractivity contribution is -0.384. The first-order valence-corrected chi connectivity index (χ1v) is 12.4. The number of benzene rings is 1. The molecule has 0 N–H and O–H groups in total. The fourth-order valence-electron chi connectivity index (χ4n) is 4.45. The fourth-order valence-corrected chi connectivity index (χ4v) is 6.01. The zero-order valence-electron chi connectivity index (χ0n) is 18.0. The quantitative estimate of drug-likeness (QED) is 0.467. The van der Waals surface area contributed by atoms with Crippen molar-refractivity contribution in [3.63, 3.8) is 0 Å². The number of rotatable bonds is 5. The number of morpholine rings is 1. The molecule has 176 valence electrons. The second kappa shape index (κ2) is 9.69. The summed E-state index contributed by atoms with van der Waals surface area (Å²) >= 11 is 0. The molecule has 1 amide bonds. The summed E-state index contributed by atoms with van der Waals surface area (Å²) in [6, 6.07) is 4.45. The number of hydrogen-bond acceptors (Lipinski definition) is 7. The van der Waals surface area contributed by atoms with Crippen LogP contribution in [0.25, 0.3) is 0 Å². The zero-order chi connectivity index (χ0) is 22.7. The Morgan fingerprint density at radius 2 is 1.53 bits per heavy atom. The van der Waals surface area contributed by atoms with Gasteiger partial charge >= 0.3 is 0 Å². The number of carbonyl (C=O) groups is 1. The van der Waals surface area contributed by atoms with Crippen molar-refractivity contribution in [3.05, 3.63) is 33.9 Å². The molecule has 0 aromatic heterocycles. The maximum Gasteiger partial charge on any atom is 0.282 e.